The Hall–Kier alpha value is -1.84. The normalized spacial score (nSPS) is 9.67. The molecule has 0 heterocycles. The van der Waals surface area contributed by atoms with Crippen molar-refractivity contribution in [1.82, 2.24) is 0 Å². The third-order valence-corrected chi connectivity index (χ3v) is 1.85. The van der Waals surface area contributed by atoms with Crippen molar-refractivity contribution in [3.8, 4) is 5.75 Å². The van der Waals surface area contributed by atoms with E-state index in [1.54, 1.807) is 0 Å². The Morgan fingerprint density at radius 2 is 2.27 bits per heavy atom. The Balaban J connectivity index is 2.98. The third-order valence-electron chi connectivity index (χ3n) is 1.85. The van der Waals surface area contributed by atoms with Crippen LogP contribution in [0.1, 0.15) is 34.1 Å². The molecule has 0 aliphatic rings. The lowest BCUT2D eigenvalue weighted by molar-refractivity contribution is 0.0697. The molecule has 15 heavy (non-hydrogen) atoms. The van der Waals surface area contributed by atoms with Crippen LogP contribution in [0.3, 0.4) is 0 Å². The summed E-state index contributed by atoms with van der Waals surface area (Å²) >= 11 is 0. The van der Waals surface area contributed by atoms with E-state index in [1.165, 1.54) is 18.2 Å². The predicted molar refractivity (Wildman–Crippen MR) is 54.6 cm³/mol. The highest BCUT2D eigenvalue weighted by molar-refractivity contribution is 5.91. The maximum Gasteiger partial charge on any atom is 0.335 e. The van der Waals surface area contributed by atoms with Crippen molar-refractivity contribution in [2.24, 2.45) is 0 Å². The van der Waals surface area contributed by atoms with Crippen molar-refractivity contribution in [3.05, 3.63) is 29.3 Å². The van der Waals surface area contributed by atoms with Crippen LogP contribution < -0.4 is 4.74 Å². The monoisotopic (exact) mass is 208 g/mol. The van der Waals surface area contributed by atoms with Crippen LogP contribution in [0.2, 0.25) is 0 Å². The van der Waals surface area contributed by atoms with Crippen LogP contribution in [-0.4, -0.2) is 24.0 Å². The maximum absolute atomic E-state index is 10.7. The lowest BCUT2D eigenvalue weighted by Crippen LogP contribution is -2.02. The van der Waals surface area contributed by atoms with E-state index in [-0.39, 0.29) is 11.1 Å². The number of hydrogen-bond donors (Lipinski definition) is 1. The molecule has 4 heteroatoms. The number of carbonyl (C=O) groups is 2. The summed E-state index contributed by atoms with van der Waals surface area (Å²) in [6.07, 6.45) is 1.43. The fourth-order valence-electron chi connectivity index (χ4n) is 1.12. The van der Waals surface area contributed by atoms with Gasteiger partial charge in [-0.3, -0.25) is 4.79 Å². The van der Waals surface area contributed by atoms with Gasteiger partial charge >= 0.3 is 5.97 Å². The average Bonchev–Trinajstić information content (AvgIpc) is 2.25. The molecule has 4 nitrogen and oxygen atoms in total. The van der Waals surface area contributed by atoms with E-state index in [0.717, 1.165) is 6.42 Å². The van der Waals surface area contributed by atoms with E-state index in [9.17, 15) is 9.59 Å². The van der Waals surface area contributed by atoms with E-state index in [2.05, 4.69) is 0 Å². The van der Waals surface area contributed by atoms with E-state index in [1.807, 2.05) is 6.92 Å². The summed E-state index contributed by atoms with van der Waals surface area (Å²) in [7, 11) is 0. The summed E-state index contributed by atoms with van der Waals surface area (Å²) in [4.78, 5) is 21.3. The Kier molecular flexibility index (Phi) is 3.85. The molecule has 0 unspecified atom stereocenters. The summed E-state index contributed by atoms with van der Waals surface area (Å²) in [5, 5.41) is 8.71. The number of hydrogen-bond acceptors (Lipinski definition) is 3. The topological polar surface area (TPSA) is 63.6 Å². The van der Waals surface area contributed by atoms with E-state index >= 15 is 0 Å². The van der Waals surface area contributed by atoms with E-state index in [4.69, 9.17) is 9.84 Å². The van der Waals surface area contributed by atoms with Crippen LogP contribution in [0.15, 0.2) is 18.2 Å². The Bertz CT molecular complexity index is 371. The van der Waals surface area contributed by atoms with Crippen LogP contribution in [0.4, 0.5) is 0 Å². The number of carbonyl (C=O) groups excluding carboxylic acids is 1. The number of rotatable bonds is 5. The third kappa shape index (κ3) is 2.80. The van der Waals surface area contributed by atoms with E-state index in [0.29, 0.717) is 18.6 Å². The van der Waals surface area contributed by atoms with Gasteiger partial charge in [0.25, 0.3) is 0 Å². The van der Waals surface area contributed by atoms with Crippen LogP contribution >= 0.6 is 0 Å². The molecule has 1 N–H and O–H groups in total. The highest BCUT2D eigenvalue weighted by atomic mass is 16.5. The van der Waals surface area contributed by atoms with Crippen molar-refractivity contribution >= 4 is 12.3 Å². The number of ether oxygens (including phenoxy) is 1. The molecule has 80 valence electrons. The van der Waals surface area contributed by atoms with Gasteiger partial charge in [0.2, 0.25) is 0 Å². The molecular formula is C11H12O4. The van der Waals surface area contributed by atoms with Gasteiger partial charge in [0, 0.05) is 0 Å². The summed E-state index contributed by atoms with van der Waals surface area (Å²) in [5.74, 6) is -0.628. The highest BCUT2D eigenvalue weighted by Gasteiger charge is 2.08. The SMILES string of the molecule is CCCOc1ccc(C(=O)O)cc1C=O. The summed E-state index contributed by atoms with van der Waals surface area (Å²) in [5.41, 5.74) is 0.351. The van der Waals surface area contributed by atoms with Crippen molar-refractivity contribution in [2.45, 2.75) is 13.3 Å². The van der Waals surface area contributed by atoms with Crippen LogP contribution in [0.25, 0.3) is 0 Å². The van der Waals surface area contributed by atoms with Crippen LogP contribution in [0, 0.1) is 0 Å². The fraction of sp³-hybridized carbons (Fsp3) is 0.273. The molecule has 1 aromatic rings. The van der Waals surface area contributed by atoms with Crippen molar-refractivity contribution in [1.29, 1.82) is 0 Å². The molecule has 0 fully saturated rings. The molecule has 0 spiro atoms. The molecular weight excluding hydrogens is 196 g/mol. The Morgan fingerprint density at radius 3 is 2.80 bits per heavy atom. The van der Waals surface area contributed by atoms with Crippen molar-refractivity contribution in [2.75, 3.05) is 6.61 Å². The molecule has 0 amide bonds. The van der Waals surface area contributed by atoms with Crippen molar-refractivity contribution in [3.63, 3.8) is 0 Å². The average molecular weight is 208 g/mol. The quantitative estimate of drug-likeness (QED) is 0.751. The smallest absolute Gasteiger partial charge is 0.335 e. The highest BCUT2D eigenvalue weighted by Crippen LogP contribution is 2.18. The lowest BCUT2D eigenvalue weighted by Gasteiger charge is -2.07. The zero-order valence-electron chi connectivity index (χ0n) is 8.40. The summed E-state index contributed by atoms with van der Waals surface area (Å²) in [6.45, 7) is 2.46. The van der Waals surface area contributed by atoms with Gasteiger partial charge in [-0.25, -0.2) is 4.79 Å². The first kappa shape index (κ1) is 11.2. The number of aromatic carboxylic acids is 1. The van der Waals surface area contributed by atoms with E-state index < -0.39 is 5.97 Å². The van der Waals surface area contributed by atoms with Gasteiger partial charge < -0.3 is 9.84 Å². The molecule has 1 rings (SSSR count). The molecule has 0 aliphatic carbocycles. The first-order valence-electron chi connectivity index (χ1n) is 4.64. The first-order chi connectivity index (χ1) is 7.19. The zero-order valence-corrected chi connectivity index (χ0v) is 8.40. The lowest BCUT2D eigenvalue weighted by atomic mass is 10.1. The molecule has 0 aliphatic heterocycles. The molecule has 0 atom stereocenters. The van der Waals surface area contributed by atoms with Gasteiger partial charge in [-0.15, -0.1) is 0 Å². The van der Waals surface area contributed by atoms with Gasteiger partial charge in [0.05, 0.1) is 17.7 Å². The minimum absolute atomic E-state index is 0.0842. The summed E-state index contributed by atoms with van der Waals surface area (Å²) in [6, 6.07) is 4.23. The second kappa shape index (κ2) is 5.14. The van der Waals surface area contributed by atoms with Crippen LogP contribution in [0.5, 0.6) is 5.75 Å². The molecule has 0 aromatic heterocycles. The van der Waals surface area contributed by atoms with Gasteiger partial charge in [0.15, 0.2) is 6.29 Å². The van der Waals surface area contributed by atoms with Gasteiger partial charge in [0.1, 0.15) is 5.75 Å². The second-order valence-corrected chi connectivity index (χ2v) is 3.02. The maximum atomic E-state index is 10.7. The molecule has 0 radical (unpaired) electrons. The largest absolute Gasteiger partial charge is 0.493 e. The predicted octanol–water partition coefficient (Wildman–Crippen LogP) is 1.99. The number of aldehydes is 1. The number of carboxylic acid groups (broad SMARTS) is 1. The first-order valence-corrected chi connectivity index (χ1v) is 4.64. The standard InChI is InChI=1S/C11H12O4/c1-2-5-15-10-4-3-8(11(13)14)6-9(10)7-12/h3-4,6-7H,2,5H2,1H3,(H,13,14). The minimum Gasteiger partial charge on any atom is -0.493 e. The van der Waals surface area contributed by atoms with Gasteiger partial charge in [-0.1, -0.05) is 6.92 Å². The zero-order chi connectivity index (χ0) is 11.3. The number of benzene rings is 1. The molecule has 0 bridgehead atoms. The molecule has 0 saturated heterocycles. The van der Waals surface area contributed by atoms with Crippen molar-refractivity contribution < 1.29 is 19.4 Å². The fourth-order valence-corrected chi connectivity index (χ4v) is 1.12. The summed E-state index contributed by atoms with van der Waals surface area (Å²) < 4.78 is 5.29. The second-order valence-electron chi connectivity index (χ2n) is 3.02. The van der Waals surface area contributed by atoms with Gasteiger partial charge in [-0.05, 0) is 24.6 Å². The minimum atomic E-state index is -1.06. The number of carboxylic acids is 1. The Morgan fingerprint density at radius 1 is 1.53 bits per heavy atom. The van der Waals surface area contributed by atoms with Gasteiger partial charge in [-0.2, -0.15) is 0 Å². The molecule has 0 saturated carbocycles. The van der Waals surface area contributed by atoms with Crippen LogP contribution in [-0.2, 0) is 0 Å². The molecule has 1 aromatic carbocycles. The Labute approximate surface area is 87.5 Å².